The fourth-order valence-electron chi connectivity index (χ4n) is 1.37. The van der Waals surface area contributed by atoms with Gasteiger partial charge in [-0.15, -0.1) is 0 Å². The molecular formula is C9H9ClFN3. The molecule has 0 spiro atoms. The quantitative estimate of drug-likeness (QED) is 0.827. The van der Waals surface area contributed by atoms with Crippen molar-refractivity contribution in [3.63, 3.8) is 0 Å². The van der Waals surface area contributed by atoms with Gasteiger partial charge in [-0.2, -0.15) is 5.10 Å². The van der Waals surface area contributed by atoms with Crippen molar-refractivity contribution >= 4 is 22.5 Å². The van der Waals surface area contributed by atoms with Crippen LogP contribution in [0.4, 0.5) is 4.39 Å². The molecule has 0 aliphatic rings. The number of benzene rings is 1. The van der Waals surface area contributed by atoms with E-state index in [9.17, 15) is 4.39 Å². The molecule has 0 unspecified atom stereocenters. The maximum Gasteiger partial charge on any atom is 0.143 e. The fourth-order valence-corrected chi connectivity index (χ4v) is 1.55. The third kappa shape index (κ3) is 1.47. The van der Waals surface area contributed by atoms with E-state index in [-0.39, 0.29) is 5.02 Å². The van der Waals surface area contributed by atoms with E-state index in [1.54, 1.807) is 16.9 Å². The smallest absolute Gasteiger partial charge is 0.143 e. The number of nitrogens with zero attached hydrogens (tertiary/aromatic N) is 2. The van der Waals surface area contributed by atoms with Crippen molar-refractivity contribution in [3.05, 3.63) is 29.2 Å². The number of aromatic nitrogens is 2. The zero-order chi connectivity index (χ0) is 10.1. The molecule has 0 saturated carbocycles. The summed E-state index contributed by atoms with van der Waals surface area (Å²) in [6, 6.07) is 2.94. The maximum atomic E-state index is 13.1. The Morgan fingerprint density at radius 2 is 2.29 bits per heavy atom. The molecule has 1 aromatic heterocycles. The predicted octanol–water partition coefficient (Wildman–Crippen LogP) is 1.79. The molecular weight excluding hydrogens is 205 g/mol. The molecule has 0 radical (unpaired) electrons. The Kier molecular flexibility index (Phi) is 2.39. The van der Waals surface area contributed by atoms with Crippen LogP contribution < -0.4 is 5.73 Å². The molecule has 5 heteroatoms. The highest BCUT2D eigenvalue weighted by Crippen LogP contribution is 2.22. The third-order valence-electron chi connectivity index (χ3n) is 2.02. The van der Waals surface area contributed by atoms with Crippen LogP contribution in [0.5, 0.6) is 0 Å². The van der Waals surface area contributed by atoms with Crippen molar-refractivity contribution in [2.75, 3.05) is 6.54 Å². The van der Waals surface area contributed by atoms with E-state index in [1.165, 1.54) is 6.07 Å². The van der Waals surface area contributed by atoms with Gasteiger partial charge in [-0.1, -0.05) is 11.6 Å². The van der Waals surface area contributed by atoms with Gasteiger partial charge < -0.3 is 5.73 Å². The minimum absolute atomic E-state index is 0.116. The van der Waals surface area contributed by atoms with Crippen LogP contribution >= 0.6 is 11.6 Å². The molecule has 0 aliphatic heterocycles. The summed E-state index contributed by atoms with van der Waals surface area (Å²) in [6.07, 6.45) is 1.65. The Bertz CT molecular complexity index is 466. The Balaban J connectivity index is 2.61. The first kappa shape index (κ1) is 9.43. The van der Waals surface area contributed by atoms with Crippen molar-refractivity contribution in [2.45, 2.75) is 6.54 Å². The second-order valence-corrected chi connectivity index (χ2v) is 3.39. The van der Waals surface area contributed by atoms with Crippen LogP contribution in [-0.2, 0) is 6.54 Å². The maximum absolute atomic E-state index is 13.1. The van der Waals surface area contributed by atoms with Crippen molar-refractivity contribution in [3.8, 4) is 0 Å². The predicted molar refractivity (Wildman–Crippen MR) is 53.8 cm³/mol. The molecule has 0 fully saturated rings. The van der Waals surface area contributed by atoms with E-state index < -0.39 is 5.82 Å². The molecule has 0 amide bonds. The molecule has 2 rings (SSSR count). The van der Waals surface area contributed by atoms with Crippen LogP contribution in [0, 0.1) is 5.82 Å². The number of hydrogen-bond donors (Lipinski definition) is 1. The van der Waals surface area contributed by atoms with Gasteiger partial charge in [0.2, 0.25) is 0 Å². The average Bonchev–Trinajstić information content (AvgIpc) is 2.51. The van der Waals surface area contributed by atoms with Crippen LogP contribution in [0.2, 0.25) is 5.02 Å². The van der Waals surface area contributed by atoms with Gasteiger partial charge in [0.15, 0.2) is 0 Å². The van der Waals surface area contributed by atoms with Crippen molar-refractivity contribution in [2.24, 2.45) is 5.73 Å². The molecule has 2 aromatic rings. The Labute approximate surface area is 85.3 Å². The molecule has 0 bridgehead atoms. The minimum atomic E-state index is -0.432. The molecule has 1 aromatic carbocycles. The minimum Gasteiger partial charge on any atom is -0.329 e. The van der Waals surface area contributed by atoms with Crippen molar-refractivity contribution < 1.29 is 4.39 Å². The van der Waals surface area contributed by atoms with Crippen LogP contribution in [0.15, 0.2) is 18.3 Å². The highest BCUT2D eigenvalue weighted by atomic mass is 35.5. The zero-order valence-corrected chi connectivity index (χ0v) is 8.13. The second kappa shape index (κ2) is 3.55. The normalized spacial score (nSPS) is 11.1. The lowest BCUT2D eigenvalue weighted by Crippen LogP contribution is -2.10. The number of halogens is 2. The summed E-state index contributed by atoms with van der Waals surface area (Å²) in [5, 5.41) is 5.02. The van der Waals surface area contributed by atoms with Gasteiger partial charge in [0.05, 0.1) is 23.3 Å². The van der Waals surface area contributed by atoms with E-state index in [1.807, 2.05) is 0 Å². The molecule has 2 N–H and O–H groups in total. The van der Waals surface area contributed by atoms with Gasteiger partial charge in [-0.3, -0.25) is 4.68 Å². The first-order valence-electron chi connectivity index (χ1n) is 4.23. The summed E-state index contributed by atoms with van der Waals surface area (Å²) >= 11 is 5.64. The molecule has 3 nitrogen and oxygen atoms in total. The molecule has 14 heavy (non-hydrogen) atoms. The number of fused-ring (bicyclic) bond motifs is 1. The standard InChI is InChI=1S/C9H9ClFN3/c10-7-3-6-5-13-14(2-1-12)9(6)4-8(7)11/h3-5H,1-2,12H2. The summed E-state index contributed by atoms with van der Waals surface area (Å²) in [6.45, 7) is 1.05. The molecule has 0 saturated heterocycles. The van der Waals surface area contributed by atoms with E-state index in [0.29, 0.717) is 13.1 Å². The highest BCUT2D eigenvalue weighted by Gasteiger charge is 2.06. The molecule has 1 heterocycles. The summed E-state index contributed by atoms with van der Waals surface area (Å²) in [5.74, 6) is -0.432. The van der Waals surface area contributed by atoms with Crippen LogP contribution in [0.25, 0.3) is 10.9 Å². The number of rotatable bonds is 2. The number of hydrogen-bond acceptors (Lipinski definition) is 2. The Morgan fingerprint density at radius 3 is 3.00 bits per heavy atom. The zero-order valence-electron chi connectivity index (χ0n) is 7.37. The molecule has 0 aliphatic carbocycles. The monoisotopic (exact) mass is 213 g/mol. The Morgan fingerprint density at radius 1 is 1.50 bits per heavy atom. The van der Waals surface area contributed by atoms with Crippen molar-refractivity contribution in [1.29, 1.82) is 0 Å². The van der Waals surface area contributed by atoms with Gasteiger partial charge in [-0.25, -0.2) is 4.39 Å². The van der Waals surface area contributed by atoms with Gasteiger partial charge in [-0.05, 0) is 6.07 Å². The lowest BCUT2D eigenvalue weighted by Gasteiger charge is -2.01. The molecule has 74 valence electrons. The third-order valence-corrected chi connectivity index (χ3v) is 2.31. The summed E-state index contributed by atoms with van der Waals surface area (Å²) < 4.78 is 14.8. The number of nitrogens with two attached hydrogens (primary N) is 1. The van der Waals surface area contributed by atoms with E-state index in [0.717, 1.165) is 10.9 Å². The lowest BCUT2D eigenvalue weighted by molar-refractivity contribution is 0.621. The molecule has 0 atom stereocenters. The Hall–Kier alpha value is -1.13. The topological polar surface area (TPSA) is 43.8 Å². The van der Waals surface area contributed by atoms with Crippen molar-refractivity contribution in [1.82, 2.24) is 9.78 Å². The first-order valence-corrected chi connectivity index (χ1v) is 4.61. The van der Waals surface area contributed by atoms with E-state index >= 15 is 0 Å². The highest BCUT2D eigenvalue weighted by molar-refractivity contribution is 6.31. The van der Waals surface area contributed by atoms with Gasteiger partial charge in [0.25, 0.3) is 0 Å². The SMILES string of the molecule is NCCn1ncc2cc(Cl)c(F)cc21. The summed E-state index contributed by atoms with van der Waals surface area (Å²) in [7, 11) is 0. The largest absolute Gasteiger partial charge is 0.329 e. The van der Waals surface area contributed by atoms with Gasteiger partial charge >= 0.3 is 0 Å². The fraction of sp³-hybridized carbons (Fsp3) is 0.222. The lowest BCUT2D eigenvalue weighted by atomic mass is 10.2. The summed E-state index contributed by atoms with van der Waals surface area (Å²) in [5.41, 5.74) is 6.12. The van der Waals surface area contributed by atoms with E-state index in [4.69, 9.17) is 17.3 Å². The second-order valence-electron chi connectivity index (χ2n) is 2.98. The first-order chi connectivity index (χ1) is 6.72. The van der Waals surface area contributed by atoms with Crippen LogP contribution in [0.1, 0.15) is 0 Å². The van der Waals surface area contributed by atoms with Crippen LogP contribution in [0.3, 0.4) is 0 Å². The van der Waals surface area contributed by atoms with Crippen LogP contribution in [-0.4, -0.2) is 16.3 Å². The van der Waals surface area contributed by atoms with E-state index in [2.05, 4.69) is 5.10 Å². The van der Waals surface area contributed by atoms with Gasteiger partial charge in [0, 0.05) is 18.0 Å². The summed E-state index contributed by atoms with van der Waals surface area (Å²) in [4.78, 5) is 0. The average molecular weight is 214 g/mol. The van der Waals surface area contributed by atoms with Gasteiger partial charge in [0.1, 0.15) is 5.82 Å².